The molecule has 2 nitrogen and oxygen atoms in total. The second-order valence-electron chi connectivity index (χ2n) is 3.58. The van der Waals surface area contributed by atoms with Crippen LogP contribution < -0.4 is 5.32 Å². The first kappa shape index (κ1) is 9.20. The molecule has 1 aromatic carbocycles. The van der Waals surface area contributed by atoms with Crippen LogP contribution in [0.3, 0.4) is 0 Å². The average molecular weight is 187 g/mol. The molecular weight excluding hydrogens is 174 g/mol. The summed E-state index contributed by atoms with van der Waals surface area (Å²) in [5, 5.41) is 3.44. The highest BCUT2D eigenvalue weighted by atomic mass is 16.1. The zero-order valence-electron chi connectivity index (χ0n) is 7.99. The van der Waals surface area contributed by atoms with Gasteiger partial charge in [0.1, 0.15) is 5.94 Å². The summed E-state index contributed by atoms with van der Waals surface area (Å²) in [6.07, 6.45) is 3.91. The van der Waals surface area contributed by atoms with E-state index in [0.29, 0.717) is 6.04 Å². The van der Waals surface area contributed by atoms with Crippen molar-refractivity contribution in [3.8, 4) is 0 Å². The van der Waals surface area contributed by atoms with Gasteiger partial charge in [0.2, 0.25) is 0 Å². The first-order valence-corrected chi connectivity index (χ1v) is 4.94. The summed E-state index contributed by atoms with van der Waals surface area (Å²) < 4.78 is 0. The van der Waals surface area contributed by atoms with Crippen LogP contribution in [0.15, 0.2) is 24.3 Å². The van der Waals surface area contributed by atoms with Crippen LogP contribution in [0.1, 0.15) is 30.0 Å². The molecule has 1 heterocycles. The Hall–Kier alpha value is -1.37. The molecular formula is C12H13NO. The molecule has 2 heteroatoms. The van der Waals surface area contributed by atoms with Crippen LogP contribution in [0.2, 0.25) is 0 Å². The van der Waals surface area contributed by atoms with Gasteiger partial charge in [-0.3, -0.25) is 0 Å². The second-order valence-corrected chi connectivity index (χ2v) is 3.58. The van der Waals surface area contributed by atoms with Crippen molar-refractivity contribution in [2.24, 2.45) is 0 Å². The van der Waals surface area contributed by atoms with Crippen molar-refractivity contribution < 1.29 is 4.79 Å². The molecule has 1 aromatic rings. The van der Waals surface area contributed by atoms with Crippen molar-refractivity contribution in [2.75, 3.05) is 6.54 Å². The fourth-order valence-corrected chi connectivity index (χ4v) is 1.86. The predicted octanol–water partition coefficient (Wildman–Crippen LogP) is 1.96. The number of rotatable bonds is 2. The molecule has 1 saturated heterocycles. The molecule has 0 bridgehead atoms. The van der Waals surface area contributed by atoms with Gasteiger partial charge in [-0.1, -0.05) is 24.3 Å². The van der Waals surface area contributed by atoms with Gasteiger partial charge in [-0.2, -0.15) is 0 Å². The van der Waals surface area contributed by atoms with Crippen LogP contribution >= 0.6 is 0 Å². The maximum absolute atomic E-state index is 10.1. The average Bonchev–Trinajstić information content (AvgIpc) is 2.72. The zero-order valence-corrected chi connectivity index (χ0v) is 7.99. The van der Waals surface area contributed by atoms with Crippen molar-refractivity contribution in [1.82, 2.24) is 5.32 Å². The van der Waals surface area contributed by atoms with Crippen molar-refractivity contribution in [2.45, 2.75) is 18.9 Å². The third-order valence-electron chi connectivity index (χ3n) is 2.62. The van der Waals surface area contributed by atoms with E-state index in [0.717, 1.165) is 12.1 Å². The van der Waals surface area contributed by atoms with Gasteiger partial charge in [-0.05, 0) is 30.5 Å². The molecule has 0 aliphatic carbocycles. The van der Waals surface area contributed by atoms with Crippen molar-refractivity contribution >= 4 is 12.0 Å². The van der Waals surface area contributed by atoms with E-state index in [-0.39, 0.29) is 0 Å². The van der Waals surface area contributed by atoms with Crippen LogP contribution in [0.4, 0.5) is 0 Å². The molecule has 0 aromatic heterocycles. The fourth-order valence-electron chi connectivity index (χ4n) is 1.86. The molecule has 0 saturated carbocycles. The zero-order chi connectivity index (χ0) is 9.80. The molecule has 1 aliphatic heterocycles. The standard InChI is InChI=1S/C12H13NO/c14-9-7-10-3-5-11(6-4-10)12-2-1-8-13-12/h3-7,12-13H,1-2,8H2. The summed E-state index contributed by atoms with van der Waals surface area (Å²) in [6.45, 7) is 1.11. The lowest BCUT2D eigenvalue weighted by Crippen LogP contribution is -2.12. The maximum Gasteiger partial charge on any atom is 0.125 e. The lowest BCUT2D eigenvalue weighted by molar-refractivity contribution is 0.570. The summed E-state index contributed by atoms with van der Waals surface area (Å²) in [5.74, 6) is 1.78. The monoisotopic (exact) mass is 187 g/mol. The Bertz CT molecular complexity index is 343. The number of carbonyl (C=O) groups excluding carboxylic acids is 1. The van der Waals surface area contributed by atoms with Gasteiger partial charge in [0.05, 0.1) is 0 Å². The van der Waals surface area contributed by atoms with E-state index >= 15 is 0 Å². The number of hydrogen-bond donors (Lipinski definition) is 1. The smallest absolute Gasteiger partial charge is 0.125 e. The molecule has 2 rings (SSSR count). The fraction of sp³-hybridized carbons (Fsp3) is 0.333. The second kappa shape index (κ2) is 4.23. The Morgan fingerprint density at radius 3 is 2.71 bits per heavy atom. The molecule has 0 amide bonds. The lowest BCUT2D eigenvalue weighted by Gasteiger charge is -2.09. The third kappa shape index (κ3) is 1.92. The van der Waals surface area contributed by atoms with Crippen LogP contribution in [-0.2, 0) is 4.79 Å². The number of benzene rings is 1. The number of hydrogen-bond acceptors (Lipinski definition) is 2. The van der Waals surface area contributed by atoms with E-state index in [1.807, 2.05) is 12.1 Å². The Labute approximate surface area is 83.6 Å². The maximum atomic E-state index is 10.1. The van der Waals surface area contributed by atoms with Crippen molar-refractivity contribution in [3.63, 3.8) is 0 Å². The Morgan fingerprint density at radius 2 is 2.14 bits per heavy atom. The predicted molar refractivity (Wildman–Crippen MR) is 56.6 cm³/mol. The summed E-state index contributed by atoms with van der Waals surface area (Å²) in [7, 11) is 0. The van der Waals surface area contributed by atoms with Gasteiger partial charge in [0.15, 0.2) is 0 Å². The molecule has 1 N–H and O–H groups in total. The summed E-state index contributed by atoms with van der Waals surface area (Å²) in [4.78, 5) is 10.1. The molecule has 1 atom stereocenters. The molecule has 72 valence electrons. The summed E-state index contributed by atoms with van der Waals surface area (Å²) >= 11 is 0. The van der Waals surface area contributed by atoms with E-state index < -0.39 is 0 Å². The Morgan fingerprint density at radius 1 is 1.36 bits per heavy atom. The van der Waals surface area contributed by atoms with Gasteiger partial charge in [0, 0.05) is 12.1 Å². The van der Waals surface area contributed by atoms with E-state index in [9.17, 15) is 4.79 Å². The largest absolute Gasteiger partial charge is 0.310 e. The van der Waals surface area contributed by atoms with Gasteiger partial charge in [-0.25, -0.2) is 4.79 Å². The highest BCUT2D eigenvalue weighted by Crippen LogP contribution is 2.22. The van der Waals surface area contributed by atoms with Gasteiger partial charge in [0.25, 0.3) is 0 Å². The first-order valence-electron chi connectivity index (χ1n) is 4.94. The minimum Gasteiger partial charge on any atom is -0.310 e. The highest BCUT2D eigenvalue weighted by Gasteiger charge is 2.15. The molecule has 1 unspecified atom stereocenters. The van der Waals surface area contributed by atoms with Gasteiger partial charge >= 0.3 is 0 Å². The Kier molecular flexibility index (Phi) is 2.78. The quantitative estimate of drug-likeness (QED) is 0.717. The Balaban J connectivity index is 2.16. The lowest BCUT2D eigenvalue weighted by atomic mass is 10.0. The third-order valence-corrected chi connectivity index (χ3v) is 2.62. The SMILES string of the molecule is O=C=Cc1ccc(C2CCCN2)cc1. The van der Waals surface area contributed by atoms with E-state index in [1.54, 1.807) is 5.94 Å². The number of nitrogens with one attached hydrogen (secondary N) is 1. The van der Waals surface area contributed by atoms with Gasteiger partial charge in [-0.15, -0.1) is 0 Å². The normalized spacial score (nSPS) is 20.4. The van der Waals surface area contributed by atoms with Gasteiger partial charge < -0.3 is 5.32 Å². The van der Waals surface area contributed by atoms with E-state index in [2.05, 4.69) is 17.4 Å². The van der Waals surface area contributed by atoms with E-state index in [4.69, 9.17) is 0 Å². The minimum absolute atomic E-state index is 0.504. The van der Waals surface area contributed by atoms with Crippen molar-refractivity contribution in [1.29, 1.82) is 0 Å². The van der Waals surface area contributed by atoms with Crippen LogP contribution in [0.5, 0.6) is 0 Å². The highest BCUT2D eigenvalue weighted by molar-refractivity contribution is 5.74. The minimum atomic E-state index is 0.504. The van der Waals surface area contributed by atoms with Crippen molar-refractivity contribution in [3.05, 3.63) is 35.4 Å². The summed E-state index contributed by atoms with van der Waals surface area (Å²) in [5.41, 5.74) is 2.23. The van der Waals surface area contributed by atoms with Crippen LogP contribution in [0.25, 0.3) is 6.08 Å². The molecule has 0 radical (unpaired) electrons. The molecule has 14 heavy (non-hydrogen) atoms. The van der Waals surface area contributed by atoms with Crippen LogP contribution in [0, 0.1) is 0 Å². The molecule has 1 aliphatic rings. The van der Waals surface area contributed by atoms with Crippen LogP contribution in [-0.4, -0.2) is 12.5 Å². The topological polar surface area (TPSA) is 29.1 Å². The summed E-state index contributed by atoms with van der Waals surface area (Å²) in [6, 6.07) is 8.57. The first-order chi connectivity index (χ1) is 6.90. The van der Waals surface area contributed by atoms with E-state index in [1.165, 1.54) is 24.5 Å². The molecule has 1 fully saturated rings. The molecule has 0 spiro atoms.